The summed E-state index contributed by atoms with van der Waals surface area (Å²) in [4.78, 5) is 27.6. The van der Waals surface area contributed by atoms with Gasteiger partial charge in [-0.2, -0.15) is 30.6 Å². The van der Waals surface area contributed by atoms with E-state index < -0.39 is 0 Å². The van der Waals surface area contributed by atoms with Gasteiger partial charge in [0.05, 0.1) is 116 Å². The molecule has 8 heterocycles. The highest BCUT2D eigenvalue weighted by Crippen LogP contribution is 2.29. The Morgan fingerprint density at radius 1 is 0.464 bits per heavy atom. The van der Waals surface area contributed by atoms with E-state index in [0.717, 1.165) is 106 Å². The molecule has 0 aliphatic carbocycles. The highest BCUT2D eigenvalue weighted by Gasteiger charge is 2.17. The lowest BCUT2D eigenvalue weighted by Gasteiger charge is -2.30. The van der Waals surface area contributed by atoms with Crippen molar-refractivity contribution in [3.05, 3.63) is 216 Å². The Balaban J connectivity index is 0.000000139. The highest BCUT2D eigenvalue weighted by molar-refractivity contribution is 5.95. The zero-order valence-electron chi connectivity index (χ0n) is 53.4. The van der Waals surface area contributed by atoms with Crippen molar-refractivity contribution in [2.24, 2.45) is 15.3 Å². The first-order valence-electron chi connectivity index (χ1n) is 31.0. The van der Waals surface area contributed by atoms with E-state index in [0.29, 0.717) is 84.4 Å². The number of hydrogen-bond acceptors (Lipinski definition) is 23. The van der Waals surface area contributed by atoms with Gasteiger partial charge in [-0.15, -0.1) is 0 Å². The number of nitrogen functional groups attached to an aromatic ring is 3. The number of likely N-dealkylation sites (N-methyl/N-ethyl adjacent to an activating group) is 1. The van der Waals surface area contributed by atoms with Crippen molar-refractivity contribution in [2.45, 2.75) is 19.6 Å². The van der Waals surface area contributed by atoms with Gasteiger partial charge in [-0.25, -0.2) is 43.1 Å². The van der Waals surface area contributed by atoms with E-state index in [2.05, 4.69) is 88.4 Å². The number of hydrazone groups is 3. The molecule has 0 saturated carbocycles. The summed E-state index contributed by atoms with van der Waals surface area (Å²) < 4.78 is 51.4. The van der Waals surface area contributed by atoms with Crippen molar-refractivity contribution in [3.63, 3.8) is 0 Å². The zero-order valence-corrected chi connectivity index (χ0v) is 53.4. The van der Waals surface area contributed by atoms with E-state index >= 15 is 0 Å². The number of rotatable bonds is 18. The molecule has 494 valence electrons. The van der Waals surface area contributed by atoms with Gasteiger partial charge in [0, 0.05) is 73.5 Å². The summed E-state index contributed by atoms with van der Waals surface area (Å²) in [7, 11) is 5.74. The standard InChI is InChI=1S/C24H26FN9.C23H23FN8O.C21H21FN8/c1-32-7-9-33(10-8-32)29-14-21-23(26)27-16-28-24(21)31-20-5-6-22-18(12-20)13-30-34(22)15-17-3-2-4-19(25)11-17;24-18-3-1-2-16(10-18)14-32-21-5-4-19(11-17(21)12-29-32)30-23-20(22(25)26-15-27-23)13-28-31-6-8-33-9-7-31;1-29(2)26-11-18-20(23)24-13-25-21(18)28-17-6-7-19-15(9-17)10-27-30(19)12-14-4-3-5-16(22)8-14/h2-6,11-14,16H,7-10,15H2,1H3,(H3,26,27,28,31);1-5,10-13,15H,6-9,14H2,(H3,25,26,27,30);3-11,13H,12H2,1-2H3,(H3,23,24,25,28)/b29-14+;28-13+;26-11+. The van der Waals surface area contributed by atoms with Crippen molar-refractivity contribution in [1.82, 2.24) is 79.2 Å². The van der Waals surface area contributed by atoms with Gasteiger partial charge in [-0.05, 0) is 115 Å². The van der Waals surface area contributed by atoms with Crippen LogP contribution in [0.2, 0.25) is 0 Å². The first kappa shape index (κ1) is 65.0. The summed E-state index contributed by atoms with van der Waals surface area (Å²) >= 11 is 0. The zero-order chi connectivity index (χ0) is 67.2. The quantitative estimate of drug-likeness (QED) is 0.0344. The maximum absolute atomic E-state index is 13.5. The molecule has 0 spiro atoms. The Bertz CT molecular complexity index is 4790. The Kier molecular flexibility index (Phi) is 20.3. The van der Waals surface area contributed by atoms with Crippen molar-refractivity contribution >= 4 is 103 Å². The van der Waals surface area contributed by atoms with Crippen molar-refractivity contribution in [2.75, 3.05) is 107 Å². The van der Waals surface area contributed by atoms with Gasteiger partial charge in [0.25, 0.3) is 0 Å². The second kappa shape index (κ2) is 30.3. The Morgan fingerprint density at radius 3 is 1.19 bits per heavy atom. The van der Waals surface area contributed by atoms with Gasteiger partial charge in [0.1, 0.15) is 71.3 Å². The molecule has 0 atom stereocenters. The van der Waals surface area contributed by atoms with E-state index in [-0.39, 0.29) is 17.5 Å². The molecular weight excluding hydrogens is 1240 g/mol. The van der Waals surface area contributed by atoms with Crippen LogP contribution in [0.4, 0.5) is 65.1 Å². The van der Waals surface area contributed by atoms with Crippen LogP contribution >= 0.6 is 0 Å². The number of hydrogen-bond donors (Lipinski definition) is 6. The second-order valence-corrected chi connectivity index (χ2v) is 23.0. The van der Waals surface area contributed by atoms with Crippen LogP contribution in [0.1, 0.15) is 33.4 Å². The van der Waals surface area contributed by atoms with Crippen LogP contribution in [-0.2, 0) is 24.4 Å². The van der Waals surface area contributed by atoms with E-state index in [9.17, 15) is 13.2 Å². The number of nitrogens with two attached hydrogens (primary N) is 3. The lowest BCUT2D eigenvalue weighted by molar-refractivity contribution is 0.0397. The number of fused-ring (bicyclic) bond motifs is 3. The SMILES string of the molecule is CN(C)/N=C/c1c(N)ncnc1Nc1ccc2c(cnn2Cc2cccc(F)c2)c1.CN1CCN(/N=C/c2c(N)ncnc2Nc2ccc3c(cnn3Cc3cccc(F)c3)c2)CC1.Nc1ncnc(Nc2ccc3c(cnn3Cc3cccc(F)c3)c2)c1/C=N/N1CCOCC1. The monoisotopic (exact) mass is 1310 g/mol. The van der Waals surface area contributed by atoms with E-state index in [1.165, 1.54) is 55.4 Å². The molecule has 29 heteroatoms. The molecule has 26 nitrogen and oxygen atoms in total. The molecule has 0 bridgehead atoms. The molecule has 6 aromatic carbocycles. The maximum Gasteiger partial charge on any atom is 0.144 e. The number of halogens is 3. The molecule has 2 saturated heterocycles. The summed E-state index contributed by atoms with van der Waals surface area (Å²) in [6.07, 6.45) is 14.6. The Labute approximate surface area is 555 Å². The maximum atomic E-state index is 13.5. The van der Waals surface area contributed by atoms with Gasteiger partial charge < -0.3 is 47.8 Å². The summed E-state index contributed by atoms with van der Waals surface area (Å²) in [6, 6.07) is 37.3. The van der Waals surface area contributed by atoms with Gasteiger partial charge >= 0.3 is 0 Å². The minimum Gasteiger partial charge on any atom is -0.383 e. The predicted molar refractivity (Wildman–Crippen MR) is 373 cm³/mol. The number of piperazine rings is 1. The van der Waals surface area contributed by atoms with Crippen LogP contribution in [-0.4, -0.2) is 171 Å². The third-order valence-corrected chi connectivity index (χ3v) is 15.7. The number of nitrogens with zero attached hydrogens (tertiary/aromatic N) is 19. The van der Waals surface area contributed by atoms with Gasteiger partial charge in [-0.1, -0.05) is 36.4 Å². The first-order valence-corrected chi connectivity index (χ1v) is 31.0. The van der Waals surface area contributed by atoms with Crippen LogP contribution in [0.25, 0.3) is 32.7 Å². The lowest BCUT2D eigenvalue weighted by atomic mass is 10.2. The number of nitrogens with one attached hydrogen (secondary N) is 3. The first-order chi connectivity index (χ1) is 47.2. The van der Waals surface area contributed by atoms with Gasteiger partial charge in [-0.3, -0.25) is 24.1 Å². The van der Waals surface area contributed by atoms with Gasteiger partial charge in [0.2, 0.25) is 0 Å². The molecule has 97 heavy (non-hydrogen) atoms. The van der Waals surface area contributed by atoms with E-state index in [1.54, 1.807) is 60.4 Å². The molecular formula is C68H70F3N25O. The van der Waals surface area contributed by atoms with Crippen molar-refractivity contribution in [3.8, 4) is 0 Å². The molecule has 9 N–H and O–H groups in total. The number of aromatic nitrogens is 12. The molecule has 0 amide bonds. The number of ether oxygens (including phenoxy) is 1. The van der Waals surface area contributed by atoms with E-state index in [4.69, 9.17) is 21.9 Å². The topological polar surface area (TPSA) is 304 Å². The average Bonchev–Trinajstić information content (AvgIpc) is 1.74. The van der Waals surface area contributed by atoms with Gasteiger partial charge in [0.15, 0.2) is 0 Å². The average molecular weight is 1310 g/mol. The van der Waals surface area contributed by atoms with Crippen LogP contribution < -0.4 is 33.2 Å². The smallest absolute Gasteiger partial charge is 0.144 e. The number of morpholine rings is 1. The highest BCUT2D eigenvalue weighted by atomic mass is 19.1. The number of benzene rings is 6. The predicted octanol–water partition coefficient (Wildman–Crippen LogP) is 9.16. The molecule has 0 radical (unpaired) electrons. The fourth-order valence-electron chi connectivity index (χ4n) is 10.6. The summed E-state index contributed by atoms with van der Waals surface area (Å²) in [5.41, 5.74) is 28.0. The van der Waals surface area contributed by atoms with Crippen LogP contribution in [0.3, 0.4) is 0 Å². The van der Waals surface area contributed by atoms with Crippen LogP contribution in [0, 0.1) is 17.5 Å². The lowest BCUT2D eigenvalue weighted by Crippen LogP contribution is -2.41. The minimum absolute atomic E-state index is 0.253. The molecule has 14 rings (SSSR count). The molecule has 12 aromatic rings. The number of anilines is 9. The van der Waals surface area contributed by atoms with Crippen LogP contribution in [0.15, 0.2) is 180 Å². The third-order valence-electron chi connectivity index (χ3n) is 15.7. The van der Waals surface area contributed by atoms with E-state index in [1.807, 2.05) is 111 Å². The Hall–Kier alpha value is -12.1. The molecule has 2 fully saturated rings. The minimum atomic E-state index is -0.257. The summed E-state index contributed by atoms with van der Waals surface area (Å²) in [5, 5.41) is 45.1. The summed E-state index contributed by atoms with van der Waals surface area (Å²) in [6.45, 7) is 7.87. The molecule has 2 aliphatic heterocycles. The fourth-order valence-corrected chi connectivity index (χ4v) is 10.6. The third kappa shape index (κ3) is 16.8. The second-order valence-electron chi connectivity index (χ2n) is 23.0. The normalized spacial score (nSPS) is 13.5. The Morgan fingerprint density at radius 2 is 0.825 bits per heavy atom. The summed E-state index contributed by atoms with van der Waals surface area (Å²) in [5.74, 6) is 1.97. The van der Waals surface area contributed by atoms with Crippen LogP contribution in [0.5, 0.6) is 0 Å². The fraction of sp³-hybridized carbons (Fsp3) is 0.206. The molecule has 6 aromatic heterocycles. The molecule has 0 unspecified atom stereocenters. The largest absolute Gasteiger partial charge is 0.383 e. The van der Waals surface area contributed by atoms with Crippen molar-refractivity contribution < 1.29 is 17.9 Å². The van der Waals surface area contributed by atoms with Crippen molar-refractivity contribution in [1.29, 1.82) is 0 Å². The molecule has 2 aliphatic rings.